The van der Waals surface area contributed by atoms with Crippen molar-refractivity contribution >= 4 is 0 Å². The molecule has 1 saturated heterocycles. The van der Waals surface area contributed by atoms with Crippen molar-refractivity contribution in [3.05, 3.63) is 34.9 Å². The Labute approximate surface area is 107 Å². The molecule has 0 spiro atoms. The minimum atomic E-state index is -0.692. The number of aryl methyl sites for hydroxylation is 1. The molecule has 0 bridgehead atoms. The molecule has 1 aliphatic heterocycles. The quantitative estimate of drug-likeness (QED) is 0.799. The molecule has 3 atom stereocenters. The first-order valence-electron chi connectivity index (χ1n) is 6.87. The lowest BCUT2D eigenvalue weighted by molar-refractivity contribution is 0.256. The smallest absolute Gasteiger partial charge is 0.163 e. The predicted molar refractivity (Wildman–Crippen MR) is 67.3 cm³/mol. The fourth-order valence-corrected chi connectivity index (χ4v) is 3.50. The third kappa shape index (κ3) is 1.95. The molecule has 18 heavy (non-hydrogen) atoms. The van der Waals surface area contributed by atoms with Gasteiger partial charge in [-0.3, -0.25) is 0 Å². The summed E-state index contributed by atoms with van der Waals surface area (Å²) in [5, 5.41) is 3.51. The molecule has 1 heterocycles. The molecule has 1 nitrogen and oxygen atoms in total. The molecule has 1 aromatic carbocycles. The maximum absolute atomic E-state index is 14.0. The van der Waals surface area contributed by atoms with Gasteiger partial charge in [-0.25, -0.2) is 8.78 Å². The van der Waals surface area contributed by atoms with Crippen LogP contribution in [0.5, 0.6) is 0 Å². The summed E-state index contributed by atoms with van der Waals surface area (Å²) in [7, 11) is 0. The third-order valence-corrected chi connectivity index (χ3v) is 4.58. The van der Waals surface area contributed by atoms with E-state index in [9.17, 15) is 8.78 Å². The molecule has 2 aliphatic rings. The number of benzene rings is 1. The topological polar surface area (TPSA) is 12.0 Å². The van der Waals surface area contributed by atoms with Crippen LogP contribution in [-0.4, -0.2) is 6.04 Å². The van der Waals surface area contributed by atoms with Gasteiger partial charge < -0.3 is 5.32 Å². The molecule has 1 saturated carbocycles. The van der Waals surface area contributed by atoms with Crippen molar-refractivity contribution in [2.24, 2.45) is 5.92 Å². The molecule has 3 rings (SSSR count). The fourth-order valence-electron chi connectivity index (χ4n) is 3.50. The van der Waals surface area contributed by atoms with Crippen molar-refractivity contribution in [2.75, 3.05) is 0 Å². The number of halogens is 2. The van der Waals surface area contributed by atoms with Gasteiger partial charge in [-0.05, 0) is 44.1 Å². The van der Waals surface area contributed by atoms with Gasteiger partial charge in [-0.2, -0.15) is 0 Å². The maximum Gasteiger partial charge on any atom is 0.163 e. The zero-order valence-corrected chi connectivity index (χ0v) is 10.7. The van der Waals surface area contributed by atoms with E-state index in [0.717, 1.165) is 18.8 Å². The Morgan fingerprint density at radius 2 is 1.89 bits per heavy atom. The van der Waals surface area contributed by atoms with Crippen LogP contribution in [0, 0.1) is 24.5 Å². The van der Waals surface area contributed by atoms with Crippen LogP contribution < -0.4 is 5.32 Å². The molecule has 0 amide bonds. The molecular weight excluding hydrogens is 232 g/mol. The van der Waals surface area contributed by atoms with E-state index in [1.807, 2.05) is 0 Å². The van der Waals surface area contributed by atoms with Crippen molar-refractivity contribution in [1.29, 1.82) is 0 Å². The Morgan fingerprint density at radius 1 is 1.06 bits per heavy atom. The molecule has 3 heteroatoms. The summed E-state index contributed by atoms with van der Waals surface area (Å²) < 4.78 is 27.6. The second-order valence-electron chi connectivity index (χ2n) is 5.69. The van der Waals surface area contributed by atoms with E-state index in [1.54, 1.807) is 19.1 Å². The Kier molecular flexibility index (Phi) is 3.10. The third-order valence-electron chi connectivity index (χ3n) is 4.58. The predicted octanol–water partition coefficient (Wildman–Crippen LogP) is 3.87. The Hall–Kier alpha value is -0.960. The summed E-state index contributed by atoms with van der Waals surface area (Å²) in [4.78, 5) is 0. The number of fused-ring (bicyclic) bond motifs is 1. The van der Waals surface area contributed by atoms with Crippen LogP contribution >= 0.6 is 0 Å². The molecule has 98 valence electrons. The second-order valence-corrected chi connectivity index (χ2v) is 5.69. The monoisotopic (exact) mass is 251 g/mol. The standard InChI is InChI=1S/C15H19F2N/c1-9-5-7-11(15(17)14(9)16)13-8-6-10-3-2-4-12(10)18-13/h5,7,10,12-13,18H,2-4,6,8H2,1H3. The second kappa shape index (κ2) is 4.61. The van der Waals surface area contributed by atoms with Gasteiger partial charge in [-0.15, -0.1) is 0 Å². The molecule has 2 fully saturated rings. The summed E-state index contributed by atoms with van der Waals surface area (Å²) in [6, 6.07) is 3.91. The zero-order valence-electron chi connectivity index (χ0n) is 10.7. The lowest BCUT2D eigenvalue weighted by Gasteiger charge is -2.34. The van der Waals surface area contributed by atoms with Crippen molar-refractivity contribution in [2.45, 2.75) is 51.1 Å². The SMILES string of the molecule is Cc1ccc(C2CCC3CCCC3N2)c(F)c1F. The first-order valence-corrected chi connectivity index (χ1v) is 6.87. The lowest BCUT2D eigenvalue weighted by atomic mass is 9.86. The average Bonchev–Trinajstić information content (AvgIpc) is 2.83. The van der Waals surface area contributed by atoms with E-state index >= 15 is 0 Å². The highest BCUT2D eigenvalue weighted by Gasteiger charge is 2.34. The van der Waals surface area contributed by atoms with Gasteiger partial charge in [0.15, 0.2) is 11.6 Å². The van der Waals surface area contributed by atoms with Crippen LogP contribution in [0.3, 0.4) is 0 Å². The largest absolute Gasteiger partial charge is 0.307 e. The van der Waals surface area contributed by atoms with E-state index in [0.29, 0.717) is 17.2 Å². The van der Waals surface area contributed by atoms with Crippen LogP contribution in [0.2, 0.25) is 0 Å². The van der Waals surface area contributed by atoms with E-state index < -0.39 is 11.6 Å². The average molecular weight is 251 g/mol. The van der Waals surface area contributed by atoms with Crippen LogP contribution in [0.25, 0.3) is 0 Å². The molecule has 1 aromatic rings. The zero-order chi connectivity index (χ0) is 12.7. The molecule has 1 aliphatic carbocycles. The molecule has 1 N–H and O–H groups in total. The fraction of sp³-hybridized carbons (Fsp3) is 0.600. The summed E-state index contributed by atoms with van der Waals surface area (Å²) in [6.07, 6.45) is 5.78. The van der Waals surface area contributed by atoms with E-state index in [-0.39, 0.29) is 6.04 Å². The highest BCUT2D eigenvalue weighted by molar-refractivity contribution is 5.28. The number of rotatable bonds is 1. The Bertz CT molecular complexity index is 458. The highest BCUT2D eigenvalue weighted by Crippen LogP contribution is 2.38. The molecular formula is C15H19F2N. The molecule has 0 radical (unpaired) electrons. The van der Waals surface area contributed by atoms with Gasteiger partial charge >= 0.3 is 0 Å². The number of hydrogen-bond donors (Lipinski definition) is 1. The van der Waals surface area contributed by atoms with Crippen LogP contribution in [-0.2, 0) is 0 Å². The van der Waals surface area contributed by atoms with Gasteiger partial charge in [0, 0.05) is 17.6 Å². The van der Waals surface area contributed by atoms with Crippen molar-refractivity contribution in [1.82, 2.24) is 5.32 Å². The first-order chi connectivity index (χ1) is 8.66. The lowest BCUT2D eigenvalue weighted by Crippen LogP contribution is -2.40. The van der Waals surface area contributed by atoms with Crippen LogP contribution in [0.1, 0.15) is 49.3 Å². The van der Waals surface area contributed by atoms with Crippen LogP contribution in [0.4, 0.5) is 8.78 Å². The first kappa shape index (κ1) is 12.1. The molecule has 3 unspecified atom stereocenters. The van der Waals surface area contributed by atoms with Gasteiger partial charge in [-0.1, -0.05) is 18.6 Å². The Morgan fingerprint density at radius 3 is 2.72 bits per heavy atom. The summed E-state index contributed by atoms with van der Waals surface area (Å²) in [5.74, 6) is -0.605. The van der Waals surface area contributed by atoms with Gasteiger partial charge in [0.2, 0.25) is 0 Å². The van der Waals surface area contributed by atoms with Gasteiger partial charge in [0.05, 0.1) is 0 Å². The number of hydrogen-bond acceptors (Lipinski definition) is 1. The summed E-state index contributed by atoms with van der Waals surface area (Å²) >= 11 is 0. The summed E-state index contributed by atoms with van der Waals surface area (Å²) in [6.45, 7) is 1.60. The van der Waals surface area contributed by atoms with Gasteiger partial charge in [0.25, 0.3) is 0 Å². The van der Waals surface area contributed by atoms with E-state index in [2.05, 4.69) is 5.32 Å². The highest BCUT2D eigenvalue weighted by atomic mass is 19.2. The van der Waals surface area contributed by atoms with E-state index in [4.69, 9.17) is 0 Å². The minimum absolute atomic E-state index is 0.0144. The van der Waals surface area contributed by atoms with Crippen molar-refractivity contribution < 1.29 is 8.78 Å². The van der Waals surface area contributed by atoms with Crippen molar-refractivity contribution in [3.8, 4) is 0 Å². The Balaban J connectivity index is 1.85. The molecule has 0 aromatic heterocycles. The minimum Gasteiger partial charge on any atom is -0.307 e. The van der Waals surface area contributed by atoms with Gasteiger partial charge in [0.1, 0.15) is 0 Å². The maximum atomic E-state index is 14.0. The van der Waals surface area contributed by atoms with E-state index in [1.165, 1.54) is 19.3 Å². The summed E-state index contributed by atoms with van der Waals surface area (Å²) in [5.41, 5.74) is 0.884. The number of piperidine rings is 1. The number of nitrogens with one attached hydrogen (secondary N) is 1. The van der Waals surface area contributed by atoms with Crippen molar-refractivity contribution in [3.63, 3.8) is 0 Å². The normalized spacial score (nSPS) is 31.4. The van der Waals surface area contributed by atoms with Crippen LogP contribution in [0.15, 0.2) is 12.1 Å².